The molecule has 2 N–H and O–H groups in total. The van der Waals surface area contributed by atoms with Gasteiger partial charge in [-0.15, -0.1) is 4.40 Å². The predicted octanol–water partition coefficient (Wildman–Crippen LogP) is 4.40. The number of guanidine groups is 1. The molecule has 38 heavy (non-hydrogen) atoms. The largest absolute Gasteiger partial charge is 0.497 e. The van der Waals surface area contributed by atoms with Crippen LogP contribution in [0.15, 0.2) is 74.8 Å². The number of H-pyrrole nitrogens is 1. The van der Waals surface area contributed by atoms with E-state index in [1.807, 2.05) is 49.2 Å². The second kappa shape index (κ2) is 10.6. The van der Waals surface area contributed by atoms with Crippen molar-refractivity contribution >= 4 is 54.5 Å². The summed E-state index contributed by atoms with van der Waals surface area (Å²) in [6.45, 7) is 5.87. The van der Waals surface area contributed by atoms with E-state index in [1.165, 1.54) is 19.2 Å². The Bertz CT molecular complexity index is 1590. The molecule has 0 radical (unpaired) electrons. The van der Waals surface area contributed by atoms with Gasteiger partial charge in [0.2, 0.25) is 5.96 Å². The SMILES string of the molecule is COc1ccc(S(=O)(=O)/N=C(\Nc2cccc(Br)c2)N2CCN(c3ncnc4[nH]cc(C)c34)C[C@@H]2C)cc1. The Morgan fingerprint density at radius 3 is 2.68 bits per heavy atom. The molecule has 10 nitrogen and oxygen atoms in total. The van der Waals surface area contributed by atoms with Crippen molar-refractivity contribution in [3.63, 3.8) is 0 Å². The standard InChI is InChI=1S/C26H28BrN7O3S/c1-17-14-28-24-23(17)25(30-16-29-24)33-11-12-34(18(2)15-33)26(31-20-6-4-5-19(27)13-20)32-38(35,36)22-9-7-21(37-3)8-10-22/h4-10,13-14,16,18H,11-12,15H2,1-3H3,(H,31,32)(H,28,29,30)/t18-/m0/s1. The van der Waals surface area contributed by atoms with Gasteiger partial charge in [-0.2, -0.15) is 8.42 Å². The van der Waals surface area contributed by atoms with E-state index in [2.05, 4.69) is 45.5 Å². The van der Waals surface area contributed by atoms with Crippen molar-refractivity contribution in [3.8, 4) is 5.75 Å². The van der Waals surface area contributed by atoms with Crippen LogP contribution < -0.4 is 15.0 Å². The molecule has 2 aromatic heterocycles. The molecule has 3 heterocycles. The van der Waals surface area contributed by atoms with Crippen molar-refractivity contribution in [1.82, 2.24) is 19.9 Å². The highest BCUT2D eigenvalue weighted by molar-refractivity contribution is 9.10. The lowest BCUT2D eigenvalue weighted by Crippen LogP contribution is -2.56. The Hall–Kier alpha value is -3.64. The van der Waals surface area contributed by atoms with Crippen LogP contribution in [0.3, 0.4) is 0 Å². The second-order valence-electron chi connectivity index (χ2n) is 9.08. The number of methoxy groups -OCH3 is 1. The molecule has 4 aromatic rings. The van der Waals surface area contributed by atoms with Crippen LogP contribution in [0.4, 0.5) is 11.5 Å². The normalized spacial score (nSPS) is 16.6. The summed E-state index contributed by atoms with van der Waals surface area (Å²) in [6.07, 6.45) is 3.49. The van der Waals surface area contributed by atoms with E-state index in [1.54, 1.807) is 18.5 Å². The number of halogens is 1. The van der Waals surface area contributed by atoms with Gasteiger partial charge in [-0.1, -0.05) is 22.0 Å². The van der Waals surface area contributed by atoms with Crippen molar-refractivity contribution in [2.45, 2.75) is 24.8 Å². The molecule has 1 saturated heterocycles. The lowest BCUT2D eigenvalue weighted by atomic mass is 10.1. The smallest absolute Gasteiger partial charge is 0.285 e. The number of aryl methyl sites for hydroxylation is 1. The van der Waals surface area contributed by atoms with Gasteiger partial charge in [-0.25, -0.2) is 9.97 Å². The molecule has 12 heteroatoms. The Labute approximate surface area is 229 Å². The highest BCUT2D eigenvalue weighted by Crippen LogP contribution is 2.28. The highest BCUT2D eigenvalue weighted by atomic mass is 79.9. The van der Waals surface area contributed by atoms with Crippen LogP contribution in [0.2, 0.25) is 0 Å². The molecule has 0 bridgehead atoms. The van der Waals surface area contributed by atoms with E-state index in [0.29, 0.717) is 25.4 Å². The molecule has 0 saturated carbocycles. The lowest BCUT2D eigenvalue weighted by molar-refractivity contribution is 0.297. The maximum absolute atomic E-state index is 13.4. The first-order chi connectivity index (χ1) is 18.2. The molecular formula is C26H28BrN7O3S. The topological polar surface area (TPSA) is 116 Å². The zero-order chi connectivity index (χ0) is 26.9. The predicted molar refractivity (Wildman–Crippen MR) is 152 cm³/mol. The van der Waals surface area contributed by atoms with Crippen LogP contribution in [0, 0.1) is 6.92 Å². The zero-order valence-corrected chi connectivity index (χ0v) is 23.6. The van der Waals surface area contributed by atoms with Crippen LogP contribution in [0.1, 0.15) is 12.5 Å². The fraction of sp³-hybridized carbons (Fsp3) is 0.269. The minimum Gasteiger partial charge on any atom is -0.497 e. The van der Waals surface area contributed by atoms with Crippen LogP contribution in [-0.4, -0.2) is 67.0 Å². The first kappa shape index (κ1) is 26.0. The van der Waals surface area contributed by atoms with Crippen molar-refractivity contribution < 1.29 is 13.2 Å². The van der Waals surface area contributed by atoms with E-state index in [-0.39, 0.29) is 16.9 Å². The number of nitrogens with one attached hydrogen (secondary N) is 2. The van der Waals surface area contributed by atoms with Gasteiger partial charge in [0.25, 0.3) is 10.0 Å². The minimum absolute atomic E-state index is 0.0718. The van der Waals surface area contributed by atoms with Crippen molar-refractivity contribution in [2.75, 3.05) is 37.0 Å². The number of hydrogen-bond donors (Lipinski definition) is 2. The molecule has 198 valence electrons. The summed E-state index contributed by atoms with van der Waals surface area (Å²) in [6, 6.07) is 13.7. The van der Waals surface area contributed by atoms with E-state index in [4.69, 9.17) is 4.74 Å². The summed E-state index contributed by atoms with van der Waals surface area (Å²) in [7, 11) is -2.47. The Kier molecular flexibility index (Phi) is 7.26. The summed E-state index contributed by atoms with van der Waals surface area (Å²) in [5.74, 6) is 1.70. The van der Waals surface area contributed by atoms with Crippen molar-refractivity contribution in [2.24, 2.45) is 4.40 Å². The summed E-state index contributed by atoms with van der Waals surface area (Å²) in [5, 5.41) is 4.25. The molecule has 1 aliphatic rings. The number of rotatable bonds is 5. The van der Waals surface area contributed by atoms with E-state index < -0.39 is 10.0 Å². The van der Waals surface area contributed by atoms with Crippen LogP contribution in [-0.2, 0) is 10.0 Å². The number of hydrogen-bond acceptors (Lipinski definition) is 6. The first-order valence-corrected chi connectivity index (χ1v) is 14.3. The number of anilines is 2. The number of aromatic amines is 1. The summed E-state index contributed by atoms with van der Waals surface area (Å²) >= 11 is 3.48. The molecular weight excluding hydrogens is 570 g/mol. The molecule has 1 fully saturated rings. The maximum Gasteiger partial charge on any atom is 0.285 e. The first-order valence-electron chi connectivity index (χ1n) is 12.1. The number of benzene rings is 2. The van der Waals surface area contributed by atoms with Gasteiger partial charge in [0.05, 0.1) is 17.4 Å². The lowest BCUT2D eigenvalue weighted by Gasteiger charge is -2.42. The fourth-order valence-electron chi connectivity index (χ4n) is 4.56. The number of sulfonamides is 1. The zero-order valence-electron chi connectivity index (χ0n) is 21.2. The summed E-state index contributed by atoms with van der Waals surface area (Å²) in [5.41, 5.74) is 2.60. The third-order valence-corrected chi connectivity index (χ3v) is 8.27. The van der Waals surface area contributed by atoms with Crippen LogP contribution in [0.5, 0.6) is 5.75 Å². The van der Waals surface area contributed by atoms with Crippen molar-refractivity contribution in [3.05, 3.63) is 71.1 Å². The van der Waals surface area contributed by atoms with Crippen LogP contribution >= 0.6 is 15.9 Å². The molecule has 0 unspecified atom stereocenters. The fourth-order valence-corrected chi connectivity index (χ4v) is 5.92. The molecule has 1 aliphatic heterocycles. The van der Waals surface area contributed by atoms with E-state index in [9.17, 15) is 8.42 Å². The number of piperazine rings is 1. The van der Waals surface area contributed by atoms with Crippen LogP contribution in [0.25, 0.3) is 11.0 Å². The molecule has 0 spiro atoms. The third kappa shape index (κ3) is 5.32. The van der Waals surface area contributed by atoms with Gasteiger partial charge in [0, 0.05) is 42.0 Å². The van der Waals surface area contributed by atoms with Gasteiger partial charge in [0.15, 0.2) is 0 Å². The van der Waals surface area contributed by atoms with E-state index in [0.717, 1.165) is 32.6 Å². The number of nitrogens with zero attached hydrogens (tertiary/aromatic N) is 5. The second-order valence-corrected chi connectivity index (χ2v) is 11.6. The third-order valence-electron chi connectivity index (χ3n) is 6.49. The Balaban J connectivity index is 1.47. The van der Waals surface area contributed by atoms with Crippen molar-refractivity contribution in [1.29, 1.82) is 0 Å². The average molecular weight is 599 g/mol. The molecule has 0 amide bonds. The average Bonchev–Trinajstić information content (AvgIpc) is 3.29. The quantitative estimate of drug-likeness (QED) is 0.257. The number of fused-ring (bicyclic) bond motifs is 1. The van der Waals surface area contributed by atoms with Gasteiger partial charge >= 0.3 is 0 Å². The number of aromatic nitrogens is 3. The highest BCUT2D eigenvalue weighted by Gasteiger charge is 2.30. The van der Waals surface area contributed by atoms with Gasteiger partial charge in [-0.05, 0) is 61.9 Å². The van der Waals surface area contributed by atoms with Gasteiger partial charge in [-0.3, -0.25) is 0 Å². The van der Waals surface area contributed by atoms with Gasteiger partial charge < -0.3 is 24.8 Å². The summed E-state index contributed by atoms with van der Waals surface area (Å²) < 4.78 is 37.0. The molecule has 0 aliphatic carbocycles. The van der Waals surface area contributed by atoms with E-state index >= 15 is 0 Å². The molecule has 1 atom stereocenters. The molecule has 2 aromatic carbocycles. The minimum atomic E-state index is -4.00. The Morgan fingerprint density at radius 2 is 1.97 bits per heavy atom. The Morgan fingerprint density at radius 1 is 1.18 bits per heavy atom. The maximum atomic E-state index is 13.4. The number of ether oxygens (including phenoxy) is 1. The van der Waals surface area contributed by atoms with Gasteiger partial charge in [0.1, 0.15) is 23.5 Å². The summed E-state index contributed by atoms with van der Waals surface area (Å²) in [4.78, 5) is 16.4. The monoisotopic (exact) mass is 597 g/mol. The molecule has 5 rings (SSSR count).